The van der Waals surface area contributed by atoms with E-state index in [1.54, 1.807) is 12.1 Å². The average molecular weight is 342 g/mol. The lowest BCUT2D eigenvalue weighted by molar-refractivity contribution is -0.286. The minimum Gasteiger partial charge on any atom is -0.424 e. The molecule has 2 heterocycles. The molecule has 0 amide bonds. The van der Waals surface area contributed by atoms with Gasteiger partial charge in [-0.2, -0.15) is 0 Å². The van der Waals surface area contributed by atoms with Gasteiger partial charge in [0.05, 0.1) is 5.75 Å². The molecule has 23 heavy (non-hydrogen) atoms. The van der Waals surface area contributed by atoms with Crippen molar-refractivity contribution in [3.8, 4) is 11.5 Å². The van der Waals surface area contributed by atoms with Crippen LogP contribution in [0.4, 0.5) is 8.78 Å². The summed E-state index contributed by atoms with van der Waals surface area (Å²) in [5.74, 6) is 1.17. The van der Waals surface area contributed by atoms with E-state index < -0.39 is 17.1 Å². The first kappa shape index (κ1) is 14.6. The predicted molar refractivity (Wildman–Crippen MR) is 74.5 cm³/mol. The van der Waals surface area contributed by atoms with Gasteiger partial charge in [-0.25, -0.2) is 0 Å². The highest BCUT2D eigenvalue weighted by Gasteiger charge is 2.44. The molecule has 1 aliphatic carbocycles. The Balaban J connectivity index is 1.46. The second-order valence-electron chi connectivity index (χ2n) is 5.45. The van der Waals surface area contributed by atoms with Gasteiger partial charge < -0.3 is 13.9 Å². The minimum absolute atomic E-state index is 0.0315. The van der Waals surface area contributed by atoms with Crippen molar-refractivity contribution in [3.63, 3.8) is 0 Å². The number of halogens is 2. The molecule has 122 valence electrons. The zero-order chi connectivity index (χ0) is 16.0. The van der Waals surface area contributed by atoms with E-state index >= 15 is 0 Å². The molecule has 0 N–H and O–H groups in total. The number of hydrogen-bond acceptors (Lipinski definition) is 6. The third-order valence-electron chi connectivity index (χ3n) is 3.52. The van der Waals surface area contributed by atoms with Crippen LogP contribution >= 0.6 is 0 Å². The molecule has 0 spiro atoms. The van der Waals surface area contributed by atoms with Crippen LogP contribution in [0.2, 0.25) is 0 Å². The van der Waals surface area contributed by atoms with E-state index in [0.29, 0.717) is 23.3 Å². The smallest absolute Gasteiger partial charge is 0.424 e. The maximum Gasteiger partial charge on any atom is 0.586 e. The summed E-state index contributed by atoms with van der Waals surface area (Å²) in [7, 11) is -1.40. The van der Waals surface area contributed by atoms with Crippen LogP contribution in [0.15, 0.2) is 22.6 Å². The fourth-order valence-electron chi connectivity index (χ4n) is 2.32. The number of aromatic nitrogens is 2. The highest BCUT2D eigenvalue weighted by atomic mass is 32.2. The van der Waals surface area contributed by atoms with Crippen LogP contribution in [0, 0.1) is 0 Å². The highest BCUT2D eigenvalue weighted by Crippen LogP contribution is 2.43. The molecule has 1 aliphatic heterocycles. The van der Waals surface area contributed by atoms with Crippen LogP contribution in [0.3, 0.4) is 0 Å². The summed E-state index contributed by atoms with van der Waals surface area (Å²) in [4.78, 5) is 0. The summed E-state index contributed by atoms with van der Waals surface area (Å²) >= 11 is 0. The molecule has 1 saturated carbocycles. The Hall–Kier alpha value is -2.03. The van der Waals surface area contributed by atoms with Crippen LogP contribution in [0.1, 0.15) is 36.1 Å². The van der Waals surface area contributed by atoms with E-state index in [-0.39, 0.29) is 23.0 Å². The van der Waals surface area contributed by atoms with Gasteiger partial charge in [-0.05, 0) is 18.9 Å². The summed E-state index contributed by atoms with van der Waals surface area (Å²) in [6.07, 6.45) is -1.62. The Morgan fingerprint density at radius 3 is 2.83 bits per heavy atom. The third-order valence-corrected chi connectivity index (χ3v) is 4.72. The number of alkyl halides is 2. The van der Waals surface area contributed by atoms with Crippen molar-refractivity contribution < 1.29 is 26.9 Å². The largest absolute Gasteiger partial charge is 0.586 e. The molecule has 4 rings (SSSR count). The Morgan fingerprint density at radius 2 is 2.04 bits per heavy atom. The van der Waals surface area contributed by atoms with E-state index in [1.807, 2.05) is 0 Å². The van der Waals surface area contributed by atoms with Gasteiger partial charge in [0.25, 0.3) is 0 Å². The van der Waals surface area contributed by atoms with E-state index in [0.717, 1.165) is 12.8 Å². The number of fused-ring (bicyclic) bond motifs is 1. The number of nitrogens with zero attached hydrogens (tertiary/aromatic N) is 2. The van der Waals surface area contributed by atoms with Crippen LogP contribution in [0.25, 0.3) is 0 Å². The lowest BCUT2D eigenvalue weighted by Crippen LogP contribution is -2.26. The molecule has 0 radical (unpaired) electrons. The molecule has 0 bridgehead atoms. The van der Waals surface area contributed by atoms with E-state index in [2.05, 4.69) is 19.7 Å². The molecule has 2 aromatic rings. The van der Waals surface area contributed by atoms with E-state index in [4.69, 9.17) is 4.42 Å². The second-order valence-corrected chi connectivity index (χ2v) is 6.91. The van der Waals surface area contributed by atoms with Crippen LogP contribution in [0.5, 0.6) is 11.5 Å². The first-order valence-electron chi connectivity index (χ1n) is 7.05. The van der Waals surface area contributed by atoms with Crippen molar-refractivity contribution in [2.45, 2.75) is 36.6 Å². The molecular formula is C14H12F2N2O4S. The zero-order valence-electron chi connectivity index (χ0n) is 11.8. The SMILES string of the molecule is O=S(Cc1nnc(C2CC2)o1)Cc1cccc2c1OC(F)(F)O2. The fraction of sp³-hybridized carbons (Fsp3) is 0.429. The topological polar surface area (TPSA) is 74.5 Å². The van der Waals surface area contributed by atoms with Crippen molar-refractivity contribution in [2.75, 3.05) is 0 Å². The molecule has 6 nitrogen and oxygen atoms in total. The summed E-state index contributed by atoms with van der Waals surface area (Å²) in [5, 5.41) is 7.79. The minimum atomic E-state index is -3.69. The molecular weight excluding hydrogens is 330 g/mol. The normalized spacial score (nSPS) is 19.7. The van der Waals surface area contributed by atoms with E-state index in [1.165, 1.54) is 6.07 Å². The van der Waals surface area contributed by atoms with Gasteiger partial charge in [-0.1, -0.05) is 12.1 Å². The maximum absolute atomic E-state index is 13.1. The van der Waals surface area contributed by atoms with Crippen molar-refractivity contribution in [1.29, 1.82) is 0 Å². The predicted octanol–water partition coefficient (Wildman–Crippen LogP) is 2.72. The third kappa shape index (κ3) is 3.05. The summed E-state index contributed by atoms with van der Waals surface area (Å²) in [5.41, 5.74) is 0.389. The Labute approximate surface area is 132 Å². The molecule has 1 aromatic carbocycles. The lowest BCUT2D eigenvalue weighted by atomic mass is 10.2. The van der Waals surface area contributed by atoms with E-state index in [9.17, 15) is 13.0 Å². The first-order chi connectivity index (χ1) is 11.0. The molecule has 1 aromatic heterocycles. The molecule has 1 unspecified atom stereocenters. The molecule has 1 atom stereocenters. The average Bonchev–Trinajstić information content (AvgIpc) is 3.13. The molecule has 0 saturated heterocycles. The van der Waals surface area contributed by atoms with Crippen molar-refractivity contribution in [2.24, 2.45) is 0 Å². The molecule has 2 aliphatic rings. The number of para-hydroxylation sites is 1. The van der Waals surface area contributed by atoms with Crippen LogP contribution in [-0.4, -0.2) is 20.7 Å². The monoisotopic (exact) mass is 342 g/mol. The second kappa shape index (κ2) is 5.26. The van der Waals surface area contributed by atoms with Crippen LogP contribution < -0.4 is 9.47 Å². The maximum atomic E-state index is 13.1. The molecule has 9 heteroatoms. The van der Waals surface area contributed by atoms with Gasteiger partial charge in [0.2, 0.25) is 11.8 Å². The quantitative estimate of drug-likeness (QED) is 0.832. The highest BCUT2D eigenvalue weighted by molar-refractivity contribution is 7.83. The zero-order valence-corrected chi connectivity index (χ0v) is 12.6. The van der Waals surface area contributed by atoms with Crippen LogP contribution in [-0.2, 0) is 22.3 Å². The fourth-order valence-corrected chi connectivity index (χ4v) is 3.39. The van der Waals surface area contributed by atoms with Gasteiger partial charge >= 0.3 is 6.29 Å². The molecule has 1 fully saturated rings. The first-order valence-corrected chi connectivity index (χ1v) is 8.54. The lowest BCUT2D eigenvalue weighted by Gasteiger charge is -2.06. The van der Waals surface area contributed by atoms with Crippen molar-refractivity contribution in [1.82, 2.24) is 10.2 Å². The van der Waals surface area contributed by atoms with Gasteiger partial charge in [0, 0.05) is 22.3 Å². The Bertz CT molecular complexity index is 776. The summed E-state index contributed by atoms with van der Waals surface area (Å²) in [6, 6.07) is 4.50. The van der Waals surface area contributed by atoms with Crippen molar-refractivity contribution in [3.05, 3.63) is 35.5 Å². The van der Waals surface area contributed by atoms with Crippen molar-refractivity contribution >= 4 is 10.8 Å². The number of ether oxygens (including phenoxy) is 2. The number of rotatable bonds is 5. The van der Waals surface area contributed by atoms with Gasteiger partial charge in [0.1, 0.15) is 5.75 Å². The number of hydrogen-bond donors (Lipinski definition) is 0. The summed E-state index contributed by atoms with van der Waals surface area (Å²) < 4.78 is 52.8. The standard InChI is InChI=1S/C14H12F2N2O4S/c15-14(16)21-10-3-1-2-9(12(10)22-14)6-23(19)7-11-17-18-13(20-11)8-4-5-8/h1-3,8H,4-7H2. The van der Waals surface area contributed by atoms with Gasteiger partial charge in [-0.15, -0.1) is 19.0 Å². The van der Waals surface area contributed by atoms with Gasteiger partial charge in [-0.3, -0.25) is 4.21 Å². The summed E-state index contributed by atoms with van der Waals surface area (Å²) in [6.45, 7) is 0. The van der Waals surface area contributed by atoms with Gasteiger partial charge in [0.15, 0.2) is 11.5 Å². The Kier molecular flexibility index (Phi) is 3.33. The number of benzene rings is 1. The Morgan fingerprint density at radius 1 is 1.22 bits per heavy atom.